The highest BCUT2D eigenvalue weighted by atomic mass is 35.7. The molecule has 10 heteroatoms. The topological polar surface area (TPSA) is 63.7 Å². The van der Waals surface area contributed by atoms with Gasteiger partial charge in [0.25, 0.3) is 0 Å². The monoisotopic (exact) mass is 343 g/mol. The van der Waals surface area contributed by atoms with Crippen molar-refractivity contribution in [3.63, 3.8) is 0 Å². The van der Waals surface area contributed by atoms with E-state index in [-0.39, 0.29) is 18.7 Å². The number of hydrogen-bond acceptors (Lipinski definition) is 4. The van der Waals surface area contributed by atoms with Gasteiger partial charge in [0.2, 0.25) is 15.0 Å². The van der Waals surface area contributed by atoms with Crippen LogP contribution in [-0.4, -0.2) is 32.5 Å². The van der Waals surface area contributed by atoms with E-state index in [1.54, 1.807) is 0 Å². The fourth-order valence-electron chi connectivity index (χ4n) is 1.99. The highest BCUT2D eigenvalue weighted by Gasteiger charge is 2.40. The zero-order valence-electron chi connectivity index (χ0n) is 10.3. The molecule has 0 spiro atoms. The van der Waals surface area contributed by atoms with Crippen LogP contribution in [0.5, 0.6) is 5.75 Å². The maximum atomic E-state index is 12.3. The third-order valence-corrected chi connectivity index (χ3v) is 4.74. The summed E-state index contributed by atoms with van der Waals surface area (Å²) in [6.07, 6.45) is -5.30. The molecule has 1 saturated heterocycles. The number of carbonyl (C=O) groups is 1. The lowest BCUT2D eigenvalue weighted by atomic mass is 10.2. The van der Waals surface area contributed by atoms with E-state index in [1.165, 1.54) is 18.2 Å². The van der Waals surface area contributed by atoms with E-state index in [9.17, 15) is 26.4 Å². The Labute approximate surface area is 122 Å². The van der Waals surface area contributed by atoms with E-state index in [0.29, 0.717) is 0 Å². The van der Waals surface area contributed by atoms with Crippen LogP contribution in [0.25, 0.3) is 0 Å². The zero-order valence-corrected chi connectivity index (χ0v) is 11.9. The summed E-state index contributed by atoms with van der Waals surface area (Å²) < 4.78 is 63.3. The molecule has 1 aliphatic rings. The van der Waals surface area contributed by atoms with Crippen molar-refractivity contribution in [1.29, 1.82) is 0 Å². The van der Waals surface area contributed by atoms with Gasteiger partial charge in [0.05, 0.1) is 5.69 Å². The summed E-state index contributed by atoms with van der Waals surface area (Å²) in [6.45, 7) is -0.317. The second kappa shape index (κ2) is 5.38. The molecule has 1 amide bonds. The largest absolute Gasteiger partial charge is 0.573 e. The molecule has 0 radical (unpaired) electrons. The van der Waals surface area contributed by atoms with Crippen LogP contribution in [0.2, 0.25) is 0 Å². The van der Waals surface area contributed by atoms with Gasteiger partial charge < -0.3 is 9.64 Å². The van der Waals surface area contributed by atoms with Crippen LogP contribution >= 0.6 is 10.7 Å². The Bertz CT molecular complexity index is 662. The second-order valence-corrected chi connectivity index (χ2v) is 7.23. The summed E-state index contributed by atoms with van der Waals surface area (Å²) >= 11 is 0. The van der Waals surface area contributed by atoms with Gasteiger partial charge in [-0.25, -0.2) is 8.42 Å². The van der Waals surface area contributed by atoms with Crippen molar-refractivity contribution in [2.24, 2.45) is 0 Å². The molecular weight excluding hydrogens is 335 g/mol. The van der Waals surface area contributed by atoms with Crippen molar-refractivity contribution in [3.05, 3.63) is 24.3 Å². The molecule has 21 heavy (non-hydrogen) atoms. The highest BCUT2D eigenvalue weighted by molar-refractivity contribution is 8.14. The zero-order chi connectivity index (χ0) is 15.8. The molecule has 0 aliphatic carbocycles. The number of hydrogen-bond donors (Lipinski definition) is 0. The maximum Gasteiger partial charge on any atom is 0.573 e. The van der Waals surface area contributed by atoms with Crippen molar-refractivity contribution in [2.45, 2.75) is 18.0 Å². The average molecular weight is 344 g/mol. The summed E-state index contributed by atoms with van der Waals surface area (Å²) in [5.74, 6) is -1.21. The number of carbonyl (C=O) groups excluding carboxylic acids is 1. The summed E-state index contributed by atoms with van der Waals surface area (Å²) in [7, 11) is 1.21. The summed E-state index contributed by atoms with van der Waals surface area (Å²) in [5, 5.41) is -1.16. The van der Waals surface area contributed by atoms with Crippen molar-refractivity contribution in [2.75, 3.05) is 11.4 Å². The van der Waals surface area contributed by atoms with Crippen molar-refractivity contribution >= 4 is 31.3 Å². The Kier molecular flexibility index (Phi) is 4.07. The van der Waals surface area contributed by atoms with Gasteiger partial charge in [0, 0.05) is 23.6 Å². The van der Waals surface area contributed by atoms with E-state index >= 15 is 0 Å². The number of para-hydroxylation sites is 2. The lowest BCUT2D eigenvalue weighted by Gasteiger charge is -2.20. The Hall–Kier alpha value is -1.48. The smallest absolute Gasteiger partial charge is 0.404 e. The predicted octanol–water partition coefficient (Wildman–Crippen LogP) is 2.26. The van der Waals surface area contributed by atoms with E-state index < -0.39 is 32.3 Å². The molecule has 5 nitrogen and oxygen atoms in total. The van der Waals surface area contributed by atoms with Gasteiger partial charge in [-0.05, 0) is 12.1 Å². The van der Waals surface area contributed by atoms with Gasteiger partial charge in [-0.1, -0.05) is 12.1 Å². The quantitative estimate of drug-likeness (QED) is 0.790. The molecule has 2 rings (SSSR count). The van der Waals surface area contributed by atoms with Crippen molar-refractivity contribution in [3.8, 4) is 5.75 Å². The Morgan fingerprint density at radius 3 is 2.43 bits per heavy atom. The summed E-state index contributed by atoms with van der Waals surface area (Å²) in [6, 6.07) is 5.00. The highest BCUT2D eigenvalue weighted by Crippen LogP contribution is 2.36. The average Bonchev–Trinajstić information content (AvgIpc) is 2.70. The van der Waals surface area contributed by atoms with Crippen LogP contribution in [0.1, 0.15) is 6.42 Å². The minimum absolute atomic E-state index is 0.150. The third kappa shape index (κ3) is 3.79. The summed E-state index contributed by atoms with van der Waals surface area (Å²) in [4.78, 5) is 12.7. The molecule has 1 aromatic carbocycles. The van der Waals surface area contributed by atoms with Crippen LogP contribution in [0.15, 0.2) is 24.3 Å². The van der Waals surface area contributed by atoms with Gasteiger partial charge in [-0.3, -0.25) is 4.79 Å². The van der Waals surface area contributed by atoms with Crippen LogP contribution in [0, 0.1) is 0 Å². The van der Waals surface area contributed by atoms with Crippen LogP contribution in [-0.2, 0) is 13.8 Å². The first-order chi connectivity index (χ1) is 9.58. The van der Waals surface area contributed by atoms with E-state index in [4.69, 9.17) is 10.7 Å². The number of amides is 1. The fourth-order valence-corrected chi connectivity index (χ4v) is 3.01. The Morgan fingerprint density at radius 2 is 1.90 bits per heavy atom. The molecule has 0 saturated carbocycles. The van der Waals surface area contributed by atoms with Crippen molar-refractivity contribution < 1.29 is 31.1 Å². The Morgan fingerprint density at radius 1 is 1.29 bits per heavy atom. The molecule has 0 N–H and O–H groups in total. The minimum atomic E-state index is -4.92. The molecule has 0 bridgehead atoms. The summed E-state index contributed by atoms with van der Waals surface area (Å²) in [5.41, 5.74) is -0.150. The van der Waals surface area contributed by atoms with E-state index in [0.717, 1.165) is 11.0 Å². The molecule has 1 aliphatic heterocycles. The van der Waals surface area contributed by atoms with Crippen LogP contribution < -0.4 is 9.64 Å². The first-order valence-electron chi connectivity index (χ1n) is 5.66. The third-order valence-electron chi connectivity index (χ3n) is 2.87. The number of halogens is 4. The number of alkyl halides is 3. The van der Waals surface area contributed by atoms with Gasteiger partial charge in [0.1, 0.15) is 5.25 Å². The van der Waals surface area contributed by atoms with E-state index in [2.05, 4.69) is 4.74 Å². The normalized spacial score (nSPS) is 19.9. The number of benzene rings is 1. The van der Waals surface area contributed by atoms with Gasteiger partial charge in [-0.2, -0.15) is 0 Å². The Balaban J connectivity index is 2.33. The minimum Gasteiger partial charge on any atom is -0.404 e. The SMILES string of the molecule is O=C1CC(S(=O)(=O)Cl)CN1c1ccccc1OC(F)(F)F. The molecule has 116 valence electrons. The number of anilines is 1. The number of rotatable bonds is 3. The van der Waals surface area contributed by atoms with Crippen LogP contribution in [0.3, 0.4) is 0 Å². The van der Waals surface area contributed by atoms with Gasteiger partial charge in [0.15, 0.2) is 5.75 Å². The number of nitrogens with zero attached hydrogens (tertiary/aromatic N) is 1. The molecule has 0 aromatic heterocycles. The van der Waals surface area contributed by atoms with Crippen LogP contribution in [0.4, 0.5) is 18.9 Å². The van der Waals surface area contributed by atoms with Gasteiger partial charge in [-0.15, -0.1) is 13.2 Å². The number of ether oxygens (including phenoxy) is 1. The maximum absolute atomic E-state index is 12.3. The predicted molar refractivity (Wildman–Crippen MR) is 68.7 cm³/mol. The molecule has 1 unspecified atom stereocenters. The molecule has 1 aromatic rings. The van der Waals surface area contributed by atoms with Crippen molar-refractivity contribution in [1.82, 2.24) is 0 Å². The molecule has 1 heterocycles. The fraction of sp³-hybridized carbons (Fsp3) is 0.364. The molecule has 1 atom stereocenters. The van der Waals surface area contributed by atoms with Gasteiger partial charge >= 0.3 is 6.36 Å². The first kappa shape index (κ1) is 15.9. The molecule has 1 fully saturated rings. The molecular formula is C11H9ClF3NO4S. The second-order valence-electron chi connectivity index (χ2n) is 4.32. The first-order valence-corrected chi connectivity index (χ1v) is 8.04. The lowest BCUT2D eigenvalue weighted by Crippen LogP contribution is -2.28. The van der Waals surface area contributed by atoms with E-state index in [1.807, 2.05) is 0 Å². The lowest BCUT2D eigenvalue weighted by molar-refractivity contribution is -0.274. The standard InChI is InChI=1S/C11H9ClF3NO4S/c12-21(18,19)7-5-10(17)16(6-7)8-3-1-2-4-9(8)20-11(13,14)15/h1-4,7H,5-6H2.